The highest BCUT2D eigenvalue weighted by atomic mass is 31.2. The van der Waals surface area contributed by atoms with Crippen molar-refractivity contribution in [2.45, 2.75) is 341 Å². The Morgan fingerprint density at radius 1 is 0.432 bits per heavy atom. The molecular weight excluding hydrogens is 1020 g/mol. The maximum absolute atomic E-state index is 13.6. The lowest BCUT2D eigenvalue weighted by atomic mass is 10.0. The summed E-state index contributed by atoms with van der Waals surface area (Å²) in [6, 6.07) is -0.891. The van der Waals surface area contributed by atoms with Crippen LogP contribution >= 0.6 is 7.82 Å². The Balaban J connectivity index is 5.03. The number of nitrogens with one attached hydrogen (secondary N) is 1. The van der Waals surface area contributed by atoms with Gasteiger partial charge in [0.05, 0.1) is 33.8 Å². The number of carbonyl (C=O) groups is 2. The molecule has 3 atom stereocenters. The molecule has 0 aromatic heterocycles. The lowest BCUT2D eigenvalue weighted by molar-refractivity contribution is -0.870. The van der Waals surface area contributed by atoms with Gasteiger partial charge >= 0.3 is 5.97 Å². The number of quaternary nitrogens is 1. The summed E-state index contributed by atoms with van der Waals surface area (Å²) in [7, 11) is 1.19. The van der Waals surface area contributed by atoms with Crippen LogP contribution in [0.4, 0.5) is 0 Å². The van der Waals surface area contributed by atoms with E-state index in [0.717, 1.165) is 83.5 Å². The van der Waals surface area contributed by atoms with Crippen LogP contribution in [0.2, 0.25) is 0 Å². The second-order valence-electron chi connectivity index (χ2n) is 24.7. The Labute approximate surface area is 502 Å². The van der Waals surface area contributed by atoms with Gasteiger partial charge < -0.3 is 28.5 Å². The molecule has 0 rings (SSSR count). The average Bonchev–Trinajstić information content (AvgIpc) is 3.43. The van der Waals surface area contributed by atoms with Gasteiger partial charge in [-0.3, -0.25) is 14.2 Å². The third kappa shape index (κ3) is 62.1. The van der Waals surface area contributed by atoms with Crippen LogP contribution in [0.25, 0.3) is 0 Å². The fraction of sp³-hybridized carbons (Fsp3) is 0.831. The maximum Gasteiger partial charge on any atom is 0.306 e. The van der Waals surface area contributed by atoms with Crippen LogP contribution in [0.3, 0.4) is 0 Å². The molecule has 474 valence electrons. The summed E-state index contributed by atoms with van der Waals surface area (Å²) in [5.41, 5.74) is 0. The maximum atomic E-state index is 13.6. The molecule has 1 N–H and O–H groups in total. The van der Waals surface area contributed by atoms with E-state index < -0.39 is 20.0 Å². The van der Waals surface area contributed by atoms with E-state index in [9.17, 15) is 19.0 Å². The molecule has 10 heteroatoms. The molecule has 3 unspecified atom stereocenters. The van der Waals surface area contributed by atoms with Crippen LogP contribution < -0.4 is 10.2 Å². The first-order valence-corrected chi connectivity index (χ1v) is 36.1. The SMILES string of the molecule is CCCCC/C=C\C/C=C\CCCCCCCCCCCCCCCCCC(=O)OC(/C=C\CCCCCCCCCCC)C(COP(=O)([O-])OCC[N+](C)(C)C)NC(=O)CCCCCCCCCCC/C=C\C/C=C\CCCCC. The third-order valence-electron chi connectivity index (χ3n) is 15.4. The van der Waals surface area contributed by atoms with Gasteiger partial charge in [-0.1, -0.05) is 281 Å². The Morgan fingerprint density at radius 3 is 1.14 bits per heavy atom. The Morgan fingerprint density at radius 2 is 0.753 bits per heavy atom. The predicted molar refractivity (Wildman–Crippen MR) is 349 cm³/mol. The van der Waals surface area contributed by atoms with E-state index in [-0.39, 0.29) is 31.5 Å². The highest BCUT2D eigenvalue weighted by Crippen LogP contribution is 2.38. The topological polar surface area (TPSA) is 114 Å². The van der Waals surface area contributed by atoms with Crippen LogP contribution in [0.15, 0.2) is 60.8 Å². The third-order valence-corrected chi connectivity index (χ3v) is 16.4. The first-order valence-electron chi connectivity index (χ1n) is 34.6. The smallest absolute Gasteiger partial charge is 0.306 e. The van der Waals surface area contributed by atoms with E-state index in [1.807, 2.05) is 33.3 Å². The van der Waals surface area contributed by atoms with E-state index in [0.29, 0.717) is 17.4 Å². The standard InChI is InChI=1S/C71H133N2O7P/c1-7-10-13-16-19-22-25-27-29-31-33-34-35-36-37-38-40-42-44-46-49-52-55-58-61-64-71(75)80-69(62-59-56-53-50-47-24-21-18-15-12-9-3)68(67-79-81(76,77)78-66-65-73(4,5)6)72-70(74)63-60-57-54-51-48-45-43-41-39-32-30-28-26-23-20-17-14-11-8-2/h19-20,22-23,27-30,59,62,68-69H,7-18,21,24-26,31-58,60-61,63-67H2,1-6H3,(H-,72,74,76,77)/b22-19-,23-20-,29-27-,30-28-,62-59-. The van der Waals surface area contributed by atoms with Crippen LogP contribution in [0, 0.1) is 0 Å². The molecule has 0 aliphatic heterocycles. The van der Waals surface area contributed by atoms with Gasteiger partial charge in [-0.05, 0) is 96.0 Å². The van der Waals surface area contributed by atoms with Crippen molar-refractivity contribution >= 4 is 19.7 Å². The number of hydrogen-bond acceptors (Lipinski definition) is 7. The molecular formula is C71H133N2O7P. The van der Waals surface area contributed by atoms with Gasteiger partial charge in [0.1, 0.15) is 19.3 Å². The van der Waals surface area contributed by atoms with Gasteiger partial charge in [0.15, 0.2) is 0 Å². The first kappa shape index (κ1) is 78.7. The summed E-state index contributed by atoms with van der Waals surface area (Å²) in [5.74, 6) is -0.536. The second-order valence-corrected chi connectivity index (χ2v) is 26.1. The highest BCUT2D eigenvalue weighted by molar-refractivity contribution is 7.45. The van der Waals surface area contributed by atoms with Crippen molar-refractivity contribution in [2.24, 2.45) is 0 Å². The van der Waals surface area contributed by atoms with Gasteiger partial charge in [0, 0.05) is 12.8 Å². The summed E-state index contributed by atoms with van der Waals surface area (Å²) in [6.07, 6.45) is 77.7. The molecule has 0 radical (unpaired) electrons. The second kappa shape index (κ2) is 60.8. The number of carbonyl (C=O) groups excluding carboxylic acids is 2. The zero-order valence-corrected chi connectivity index (χ0v) is 55.1. The Kier molecular flexibility index (Phi) is 59.1. The van der Waals surface area contributed by atoms with Gasteiger partial charge in [-0.15, -0.1) is 0 Å². The van der Waals surface area contributed by atoms with Crippen molar-refractivity contribution in [1.82, 2.24) is 5.32 Å². The minimum Gasteiger partial charge on any atom is -0.756 e. The lowest BCUT2D eigenvalue weighted by Crippen LogP contribution is -2.47. The van der Waals surface area contributed by atoms with E-state index in [1.165, 1.54) is 212 Å². The molecule has 81 heavy (non-hydrogen) atoms. The number of likely N-dealkylation sites (N-methyl/N-ethyl adjacent to an activating group) is 1. The monoisotopic (exact) mass is 1160 g/mol. The number of allylic oxidation sites excluding steroid dienone is 9. The number of amides is 1. The van der Waals surface area contributed by atoms with E-state index >= 15 is 0 Å². The average molecular weight is 1160 g/mol. The summed E-state index contributed by atoms with van der Waals surface area (Å²) in [5, 5.41) is 3.04. The molecule has 0 saturated carbocycles. The number of phosphoric acid groups is 1. The number of nitrogens with zero attached hydrogens (tertiary/aromatic N) is 1. The quantitative estimate of drug-likeness (QED) is 0.0212. The minimum absolute atomic E-state index is 0.0231. The van der Waals surface area contributed by atoms with Crippen LogP contribution in [-0.4, -0.2) is 69.4 Å². The molecule has 9 nitrogen and oxygen atoms in total. The molecule has 0 aromatic carbocycles. The molecule has 0 heterocycles. The molecule has 0 saturated heterocycles. The number of phosphoric ester groups is 1. The van der Waals surface area contributed by atoms with Gasteiger partial charge in [-0.25, -0.2) is 0 Å². The van der Waals surface area contributed by atoms with E-state index in [2.05, 4.69) is 74.7 Å². The van der Waals surface area contributed by atoms with Gasteiger partial charge in [0.2, 0.25) is 5.91 Å². The molecule has 0 aliphatic carbocycles. The number of rotatable bonds is 63. The molecule has 0 aliphatic rings. The zero-order valence-electron chi connectivity index (χ0n) is 54.2. The summed E-state index contributed by atoms with van der Waals surface area (Å²) in [6.45, 7) is 6.82. The molecule has 0 fully saturated rings. The van der Waals surface area contributed by atoms with Crippen molar-refractivity contribution in [3.05, 3.63) is 60.8 Å². The van der Waals surface area contributed by atoms with Gasteiger partial charge in [0.25, 0.3) is 7.82 Å². The normalized spacial score (nSPS) is 13.9. The molecule has 0 bridgehead atoms. The van der Waals surface area contributed by atoms with Crippen LogP contribution in [0.5, 0.6) is 0 Å². The van der Waals surface area contributed by atoms with Crippen LogP contribution in [-0.2, 0) is 27.9 Å². The van der Waals surface area contributed by atoms with Gasteiger partial charge in [-0.2, -0.15) is 0 Å². The van der Waals surface area contributed by atoms with Crippen molar-refractivity contribution in [2.75, 3.05) is 40.9 Å². The largest absolute Gasteiger partial charge is 0.756 e. The minimum atomic E-state index is -4.70. The predicted octanol–water partition coefficient (Wildman–Crippen LogP) is 21.2. The lowest BCUT2D eigenvalue weighted by Gasteiger charge is -2.30. The Bertz CT molecular complexity index is 1570. The van der Waals surface area contributed by atoms with Crippen molar-refractivity contribution in [3.8, 4) is 0 Å². The molecule has 0 spiro atoms. The number of esters is 1. The summed E-state index contributed by atoms with van der Waals surface area (Å²) < 4.78 is 30.4. The van der Waals surface area contributed by atoms with E-state index in [4.69, 9.17) is 13.8 Å². The fourth-order valence-electron chi connectivity index (χ4n) is 10.1. The zero-order chi connectivity index (χ0) is 59.3. The van der Waals surface area contributed by atoms with Crippen LogP contribution in [0.1, 0.15) is 329 Å². The first-order chi connectivity index (χ1) is 39.4. The highest BCUT2D eigenvalue weighted by Gasteiger charge is 2.27. The summed E-state index contributed by atoms with van der Waals surface area (Å²) in [4.78, 5) is 40.1. The van der Waals surface area contributed by atoms with Crippen molar-refractivity contribution in [3.63, 3.8) is 0 Å². The number of hydrogen-bond donors (Lipinski definition) is 1. The number of ether oxygens (including phenoxy) is 1. The Hall–Kier alpha value is -2.29. The molecule has 0 aromatic rings. The fourth-order valence-corrected chi connectivity index (χ4v) is 10.8. The molecule has 1 amide bonds. The van der Waals surface area contributed by atoms with Crippen molar-refractivity contribution < 1.29 is 37.3 Å². The number of unbranched alkanes of at least 4 members (excludes halogenated alkanes) is 39. The summed E-state index contributed by atoms with van der Waals surface area (Å²) >= 11 is 0. The van der Waals surface area contributed by atoms with Crippen molar-refractivity contribution in [1.29, 1.82) is 0 Å². The van der Waals surface area contributed by atoms with E-state index in [1.54, 1.807) is 0 Å².